The minimum Gasteiger partial charge on any atom is -0.393 e. The zero-order valence-electron chi connectivity index (χ0n) is 11.0. The van der Waals surface area contributed by atoms with Gasteiger partial charge in [-0.25, -0.2) is 0 Å². The topological polar surface area (TPSA) is 88.3 Å². The Balaban J connectivity index is 2.08. The highest BCUT2D eigenvalue weighted by molar-refractivity contribution is 7.87. The van der Waals surface area contributed by atoms with E-state index >= 15 is 0 Å². The normalized spacial score (nSPS) is 15.4. The third-order valence-corrected chi connectivity index (χ3v) is 4.75. The van der Waals surface area contributed by atoms with Gasteiger partial charge in [-0.2, -0.15) is 17.4 Å². The van der Waals surface area contributed by atoms with Gasteiger partial charge in [-0.1, -0.05) is 18.3 Å². The van der Waals surface area contributed by atoms with Gasteiger partial charge in [0.2, 0.25) is 0 Å². The lowest BCUT2D eigenvalue weighted by Gasteiger charge is -2.22. The summed E-state index contributed by atoms with van der Waals surface area (Å²) in [7, 11) is -3.51. The Hall–Kier alpha value is -1.09. The highest BCUT2D eigenvalue weighted by Gasteiger charge is 2.31. The number of thiocarbonyl (C=S) groups is 1. The maximum Gasteiger partial charge on any atom is 0.280 e. The smallest absolute Gasteiger partial charge is 0.280 e. The summed E-state index contributed by atoms with van der Waals surface area (Å²) in [5, 5.41) is 0. The van der Waals surface area contributed by atoms with E-state index in [-0.39, 0.29) is 19.1 Å². The third-order valence-electron chi connectivity index (χ3n) is 2.92. The van der Waals surface area contributed by atoms with Crippen LogP contribution in [0.5, 0.6) is 0 Å². The van der Waals surface area contributed by atoms with Gasteiger partial charge in [0.1, 0.15) is 0 Å². The van der Waals surface area contributed by atoms with Gasteiger partial charge in [0.05, 0.1) is 4.99 Å². The van der Waals surface area contributed by atoms with Gasteiger partial charge in [0, 0.05) is 37.9 Å². The second-order valence-corrected chi connectivity index (χ2v) is 7.03. The van der Waals surface area contributed by atoms with Crippen LogP contribution in [0.4, 0.5) is 0 Å². The van der Waals surface area contributed by atoms with E-state index in [1.165, 1.54) is 4.31 Å². The van der Waals surface area contributed by atoms with E-state index in [2.05, 4.69) is 9.71 Å². The van der Waals surface area contributed by atoms with Crippen molar-refractivity contribution in [2.24, 2.45) is 5.73 Å². The lowest BCUT2D eigenvalue weighted by molar-refractivity contribution is 0.406. The summed E-state index contributed by atoms with van der Waals surface area (Å²) >= 11 is 4.83. The second kappa shape index (κ2) is 6.57. The van der Waals surface area contributed by atoms with Crippen LogP contribution in [0.2, 0.25) is 0 Å². The summed E-state index contributed by atoms with van der Waals surface area (Å²) < 4.78 is 28.6. The van der Waals surface area contributed by atoms with Crippen molar-refractivity contribution >= 4 is 27.4 Å². The fourth-order valence-electron chi connectivity index (χ4n) is 1.70. The number of rotatable bonds is 8. The molecule has 0 aromatic carbocycles. The van der Waals surface area contributed by atoms with Gasteiger partial charge < -0.3 is 5.73 Å². The summed E-state index contributed by atoms with van der Waals surface area (Å²) in [5.41, 5.74) is 6.30. The van der Waals surface area contributed by atoms with Crippen LogP contribution in [-0.4, -0.2) is 35.3 Å². The van der Waals surface area contributed by atoms with E-state index < -0.39 is 10.2 Å². The Morgan fingerprint density at radius 1 is 1.55 bits per heavy atom. The minimum absolute atomic E-state index is 0.0706. The molecule has 0 atom stereocenters. The van der Waals surface area contributed by atoms with Crippen molar-refractivity contribution < 1.29 is 8.42 Å². The maximum atomic E-state index is 12.3. The first kappa shape index (κ1) is 15.3. The van der Waals surface area contributed by atoms with Gasteiger partial charge in [-0.05, 0) is 24.5 Å². The predicted molar refractivity (Wildman–Crippen MR) is 81.1 cm³/mol. The average molecular weight is 314 g/mol. The van der Waals surface area contributed by atoms with Crippen molar-refractivity contribution in [3.05, 3.63) is 30.1 Å². The molecule has 8 heteroatoms. The first-order valence-electron chi connectivity index (χ1n) is 6.42. The van der Waals surface area contributed by atoms with Crippen molar-refractivity contribution in [1.29, 1.82) is 0 Å². The van der Waals surface area contributed by atoms with Crippen LogP contribution >= 0.6 is 12.2 Å². The molecular formula is C12H18N4O2S2. The summed E-state index contributed by atoms with van der Waals surface area (Å²) in [5.74, 6) is 0. The van der Waals surface area contributed by atoms with Crippen molar-refractivity contribution in [1.82, 2.24) is 14.0 Å². The molecule has 3 N–H and O–H groups in total. The molecule has 0 bridgehead atoms. The van der Waals surface area contributed by atoms with E-state index in [0.717, 1.165) is 18.4 Å². The molecule has 110 valence electrons. The van der Waals surface area contributed by atoms with Gasteiger partial charge >= 0.3 is 0 Å². The molecule has 1 saturated carbocycles. The monoisotopic (exact) mass is 314 g/mol. The predicted octanol–water partition coefficient (Wildman–Crippen LogP) is 0.557. The molecule has 1 heterocycles. The quantitative estimate of drug-likeness (QED) is 0.684. The van der Waals surface area contributed by atoms with E-state index in [4.69, 9.17) is 18.0 Å². The zero-order chi connectivity index (χ0) is 14.6. The van der Waals surface area contributed by atoms with Crippen LogP contribution in [-0.2, 0) is 16.8 Å². The third kappa shape index (κ3) is 4.78. The van der Waals surface area contributed by atoms with Crippen molar-refractivity contribution in [2.75, 3.05) is 6.54 Å². The van der Waals surface area contributed by atoms with Gasteiger partial charge in [-0.3, -0.25) is 4.98 Å². The molecule has 0 spiro atoms. The summed E-state index contributed by atoms with van der Waals surface area (Å²) in [6.45, 7) is 0.533. The molecule has 2 rings (SSSR count). The molecule has 0 unspecified atom stereocenters. The number of nitrogens with one attached hydrogen (secondary N) is 1. The number of nitrogens with zero attached hydrogens (tertiary/aromatic N) is 2. The number of hydrogen-bond donors (Lipinski definition) is 2. The molecule has 0 amide bonds. The molecule has 6 nitrogen and oxygen atoms in total. The average Bonchev–Trinajstić information content (AvgIpc) is 3.18. The minimum atomic E-state index is -3.51. The number of pyridine rings is 1. The van der Waals surface area contributed by atoms with Gasteiger partial charge in [0.15, 0.2) is 0 Å². The number of nitrogens with two attached hydrogens (primary N) is 1. The molecule has 0 saturated heterocycles. The van der Waals surface area contributed by atoms with Crippen LogP contribution in [0, 0.1) is 0 Å². The molecule has 1 fully saturated rings. The fraction of sp³-hybridized carbons (Fsp3) is 0.500. The van der Waals surface area contributed by atoms with E-state index in [0.29, 0.717) is 11.4 Å². The van der Waals surface area contributed by atoms with Crippen LogP contribution in [0.3, 0.4) is 0 Å². The summed E-state index contributed by atoms with van der Waals surface area (Å²) in [6, 6.07) is 3.69. The Labute approximate surface area is 124 Å². The van der Waals surface area contributed by atoms with E-state index in [1.54, 1.807) is 18.5 Å². The molecule has 20 heavy (non-hydrogen) atoms. The molecule has 1 aromatic heterocycles. The van der Waals surface area contributed by atoms with Crippen LogP contribution in [0.1, 0.15) is 24.8 Å². The standard InChI is InChI=1S/C12H18N4O2S2/c13-12(19)5-7-16(9-10-2-1-6-14-8-10)20(17,18)15-11-3-4-11/h1-2,6,8,11,15H,3-5,7,9H2,(H2,13,19). The zero-order valence-corrected chi connectivity index (χ0v) is 12.7. The SMILES string of the molecule is NC(=S)CCN(Cc1cccnc1)S(=O)(=O)NC1CC1. The Morgan fingerprint density at radius 3 is 2.85 bits per heavy atom. The lowest BCUT2D eigenvalue weighted by atomic mass is 10.3. The Bertz CT molecular complexity index is 558. The highest BCUT2D eigenvalue weighted by atomic mass is 32.2. The molecule has 0 radical (unpaired) electrons. The molecule has 0 aliphatic heterocycles. The van der Waals surface area contributed by atoms with E-state index in [1.807, 2.05) is 6.07 Å². The van der Waals surface area contributed by atoms with Crippen LogP contribution in [0.15, 0.2) is 24.5 Å². The van der Waals surface area contributed by atoms with Crippen molar-refractivity contribution in [2.45, 2.75) is 31.8 Å². The van der Waals surface area contributed by atoms with Crippen LogP contribution in [0.25, 0.3) is 0 Å². The van der Waals surface area contributed by atoms with Crippen molar-refractivity contribution in [3.8, 4) is 0 Å². The molecule has 1 aliphatic carbocycles. The molecule has 1 aliphatic rings. The maximum absolute atomic E-state index is 12.3. The number of aromatic nitrogens is 1. The summed E-state index contributed by atoms with van der Waals surface area (Å²) in [6.07, 6.45) is 5.46. The summed E-state index contributed by atoms with van der Waals surface area (Å²) in [4.78, 5) is 4.30. The first-order valence-corrected chi connectivity index (χ1v) is 8.27. The first-order chi connectivity index (χ1) is 9.47. The Kier molecular flexibility index (Phi) is 5.03. The second-order valence-electron chi connectivity index (χ2n) is 4.81. The van der Waals surface area contributed by atoms with Gasteiger partial charge in [0.25, 0.3) is 10.2 Å². The Morgan fingerprint density at radius 2 is 2.30 bits per heavy atom. The molecular weight excluding hydrogens is 296 g/mol. The highest BCUT2D eigenvalue weighted by Crippen LogP contribution is 2.21. The lowest BCUT2D eigenvalue weighted by Crippen LogP contribution is -2.42. The van der Waals surface area contributed by atoms with Crippen molar-refractivity contribution in [3.63, 3.8) is 0 Å². The largest absolute Gasteiger partial charge is 0.393 e. The van der Waals surface area contributed by atoms with E-state index in [9.17, 15) is 8.42 Å². The van der Waals surface area contributed by atoms with Gasteiger partial charge in [-0.15, -0.1) is 0 Å². The van der Waals surface area contributed by atoms with Crippen LogP contribution < -0.4 is 10.5 Å². The number of hydrogen-bond acceptors (Lipinski definition) is 4. The fourth-order valence-corrected chi connectivity index (χ4v) is 3.25. The molecule has 1 aromatic rings.